The van der Waals surface area contributed by atoms with Crippen molar-refractivity contribution in [2.24, 2.45) is 0 Å². The minimum Gasteiger partial charge on any atom is -0.496 e. The van der Waals surface area contributed by atoms with Crippen LogP contribution in [0.4, 0.5) is 0 Å². The highest BCUT2D eigenvalue weighted by Gasteiger charge is 2.23. The predicted octanol–water partition coefficient (Wildman–Crippen LogP) is 4.69. The molecule has 0 radical (unpaired) electrons. The molecule has 2 heterocycles. The van der Waals surface area contributed by atoms with E-state index in [1.807, 2.05) is 60.4 Å². The first-order valence-corrected chi connectivity index (χ1v) is 10.1. The maximum Gasteiger partial charge on any atom is 0.263 e. The van der Waals surface area contributed by atoms with Crippen LogP contribution in [0.5, 0.6) is 11.5 Å². The Kier molecular flexibility index (Phi) is 5.65. The molecular weight excluding hydrogens is 364 g/mol. The van der Waals surface area contributed by atoms with Gasteiger partial charge in [0.05, 0.1) is 12.6 Å². The van der Waals surface area contributed by atoms with Crippen LogP contribution in [-0.4, -0.2) is 42.1 Å². The van der Waals surface area contributed by atoms with Gasteiger partial charge in [-0.05, 0) is 56.0 Å². The SMILES string of the molecule is COc1ccccc1-c1ccnc2cc(O[C@H](C)C(=O)N3CCCCC3)ccc12. The summed E-state index contributed by atoms with van der Waals surface area (Å²) in [6.45, 7) is 3.47. The summed E-state index contributed by atoms with van der Waals surface area (Å²) in [5.74, 6) is 1.53. The molecule has 0 bridgehead atoms. The monoisotopic (exact) mass is 390 g/mol. The largest absolute Gasteiger partial charge is 0.496 e. The molecule has 5 heteroatoms. The van der Waals surface area contributed by atoms with E-state index in [-0.39, 0.29) is 5.91 Å². The molecule has 2 aromatic carbocycles. The smallest absolute Gasteiger partial charge is 0.263 e. The molecule has 1 atom stereocenters. The van der Waals surface area contributed by atoms with Crippen LogP contribution in [0.2, 0.25) is 0 Å². The van der Waals surface area contributed by atoms with Crippen LogP contribution in [0.3, 0.4) is 0 Å². The number of amides is 1. The van der Waals surface area contributed by atoms with Gasteiger partial charge in [-0.15, -0.1) is 0 Å². The second-order valence-corrected chi connectivity index (χ2v) is 7.38. The zero-order chi connectivity index (χ0) is 20.2. The van der Waals surface area contributed by atoms with Crippen molar-refractivity contribution in [2.75, 3.05) is 20.2 Å². The van der Waals surface area contributed by atoms with Crippen molar-refractivity contribution in [2.45, 2.75) is 32.3 Å². The fraction of sp³-hybridized carbons (Fsp3) is 0.333. The Morgan fingerprint density at radius 3 is 2.62 bits per heavy atom. The molecule has 3 aromatic rings. The molecule has 1 saturated heterocycles. The number of carbonyl (C=O) groups is 1. The van der Waals surface area contributed by atoms with Gasteiger partial charge in [-0.25, -0.2) is 0 Å². The van der Waals surface area contributed by atoms with Gasteiger partial charge in [0.25, 0.3) is 5.91 Å². The van der Waals surface area contributed by atoms with Crippen molar-refractivity contribution in [1.29, 1.82) is 0 Å². The van der Waals surface area contributed by atoms with Crippen molar-refractivity contribution < 1.29 is 14.3 Å². The number of rotatable bonds is 5. The van der Waals surface area contributed by atoms with E-state index in [0.29, 0.717) is 5.75 Å². The Morgan fingerprint density at radius 1 is 1.03 bits per heavy atom. The van der Waals surface area contributed by atoms with Crippen LogP contribution in [0.1, 0.15) is 26.2 Å². The lowest BCUT2D eigenvalue weighted by molar-refractivity contribution is -0.138. The molecule has 0 aliphatic carbocycles. The average molecular weight is 390 g/mol. The third-order valence-corrected chi connectivity index (χ3v) is 5.44. The molecule has 0 spiro atoms. The summed E-state index contributed by atoms with van der Waals surface area (Å²) in [6, 6.07) is 15.7. The summed E-state index contributed by atoms with van der Waals surface area (Å²) >= 11 is 0. The number of fused-ring (bicyclic) bond motifs is 1. The number of pyridine rings is 1. The fourth-order valence-corrected chi connectivity index (χ4v) is 3.93. The van der Waals surface area contributed by atoms with Gasteiger partial charge in [0, 0.05) is 36.3 Å². The van der Waals surface area contributed by atoms with Crippen molar-refractivity contribution >= 4 is 16.8 Å². The maximum absolute atomic E-state index is 12.6. The van der Waals surface area contributed by atoms with Gasteiger partial charge in [0.1, 0.15) is 11.5 Å². The van der Waals surface area contributed by atoms with Gasteiger partial charge < -0.3 is 14.4 Å². The van der Waals surface area contributed by atoms with Gasteiger partial charge in [0.2, 0.25) is 0 Å². The molecule has 1 aliphatic rings. The summed E-state index contributed by atoms with van der Waals surface area (Å²) in [7, 11) is 1.68. The fourth-order valence-electron chi connectivity index (χ4n) is 3.93. The molecule has 1 fully saturated rings. The number of hydrogen-bond acceptors (Lipinski definition) is 4. The van der Waals surface area contributed by atoms with E-state index in [1.165, 1.54) is 6.42 Å². The normalized spacial score (nSPS) is 15.2. The number of piperidine rings is 1. The Labute approximate surface area is 171 Å². The number of likely N-dealkylation sites (tertiary alicyclic amines) is 1. The molecule has 5 nitrogen and oxygen atoms in total. The van der Waals surface area contributed by atoms with E-state index in [4.69, 9.17) is 9.47 Å². The highest BCUT2D eigenvalue weighted by molar-refractivity contribution is 5.96. The Balaban J connectivity index is 1.59. The summed E-state index contributed by atoms with van der Waals surface area (Å²) < 4.78 is 11.5. The lowest BCUT2D eigenvalue weighted by atomic mass is 10.0. The number of hydrogen-bond donors (Lipinski definition) is 0. The van der Waals surface area contributed by atoms with Crippen LogP contribution >= 0.6 is 0 Å². The minimum atomic E-state index is -0.511. The van der Waals surface area contributed by atoms with Crippen molar-refractivity contribution in [3.05, 3.63) is 54.7 Å². The van der Waals surface area contributed by atoms with Gasteiger partial charge >= 0.3 is 0 Å². The molecule has 0 unspecified atom stereocenters. The lowest BCUT2D eigenvalue weighted by Crippen LogP contribution is -2.43. The topological polar surface area (TPSA) is 51.7 Å². The van der Waals surface area contributed by atoms with Crippen LogP contribution in [0.15, 0.2) is 54.7 Å². The number of aromatic nitrogens is 1. The third kappa shape index (κ3) is 4.04. The van der Waals surface area contributed by atoms with E-state index < -0.39 is 6.10 Å². The second kappa shape index (κ2) is 8.52. The molecule has 0 saturated carbocycles. The first-order chi connectivity index (χ1) is 14.2. The van der Waals surface area contributed by atoms with Crippen LogP contribution in [0, 0.1) is 0 Å². The van der Waals surface area contributed by atoms with Crippen molar-refractivity contribution in [3.63, 3.8) is 0 Å². The maximum atomic E-state index is 12.6. The van der Waals surface area contributed by atoms with Gasteiger partial charge in [-0.2, -0.15) is 0 Å². The summed E-state index contributed by atoms with van der Waals surface area (Å²) in [4.78, 5) is 19.1. The number of carbonyl (C=O) groups excluding carboxylic acids is 1. The zero-order valence-corrected chi connectivity index (χ0v) is 16.9. The summed E-state index contributed by atoms with van der Waals surface area (Å²) in [6.07, 6.45) is 4.62. The zero-order valence-electron chi connectivity index (χ0n) is 16.9. The van der Waals surface area contributed by atoms with Crippen molar-refractivity contribution in [3.8, 4) is 22.6 Å². The van der Waals surface area contributed by atoms with E-state index in [1.54, 1.807) is 13.3 Å². The predicted molar refractivity (Wildman–Crippen MR) is 114 cm³/mol. The van der Waals surface area contributed by atoms with E-state index in [9.17, 15) is 4.79 Å². The van der Waals surface area contributed by atoms with E-state index in [2.05, 4.69) is 4.98 Å². The molecular formula is C24H26N2O3. The van der Waals surface area contributed by atoms with Crippen LogP contribution in [0.25, 0.3) is 22.0 Å². The van der Waals surface area contributed by atoms with E-state index >= 15 is 0 Å². The number of methoxy groups -OCH3 is 1. The average Bonchev–Trinajstić information content (AvgIpc) is 2.78. The number of benzene rings is 2. The van der Waals surface area contributed by atoms with Gasteiger partial charge in [-0.1, -0.05) is 18.2 Å². The lowest BCUT2D eigenvalue weighted by Gasteiger charge is -2.29. The molecule has 150 valence electrons. The Bertz CT molecular complexity index is 1010. The first-order valence-electron chi connectivity index (χ1n) is 10.1. The molecule has 1 amide bonds. The number of nitrogens with zero attached hydrogens (tertiary/aromatic N) is 2. The Morgan fingerprint density at radius 2 is 1.83 bits per heavy atom. The van der Waals surface area contributed by atoms with Crippen LogP contribution < -0.4 is 9.47 Å². The van der Waals surface area contributed by atoms with Crippen molar-refractivity contribution in [1.82, 2.24) is 9.88 Å². The first kappa shape index (κ1) is 19.2. The van der Waals surface area contributed by atoms with Gasteiger partial charge in [-0.3, -0.25) is 9.78 Å². The highest BCUT2D eigenvalue weighted by atomic mass is 16.5. The standard InChI is InChI=1S/C24H26N2O3/c1-17(24(27)26-14-6-3-7-15-26)29-18-10-11-20-19(12-13-25-22(20)16-18)21-8-4-5-9-23(21)28-2/h4-5,8-13,16-17H,3,6-7,14-15H2,1-2H3/t17-/m1/s1. The summed E-state index contributed by atoms with van der Waals surface area (Å²) in [5.41, 5.74) is 2.89. The third-order valence-electron chi connectivity index (χ3n) is 5.44. The van der Waals surface area contributed by atoms with Crippen LogP contribution in [-0.2, 0) is 4.79 Å². The van der Waals surface area contributed by atoms with Gasteiger partial charge in [0.15, 0.2) is 6.10 Å². The number of para-hydroxylation sites is 1. The summed E-state index contributed by atoms with van der Waals surface area (Å²) in [5, 5.41) is 1.01. The number of ether oxygens (including phenoxy) is 2. The Hall–Kier alpha value is -3.08. The molecule has 1 aliphatic heterocycles. The highest BCUT2D eigenvalue weighted by Crippen LogP contribution is 2.35. The minimum absolute atomic E-state index is 0.0560. The molecule has 4 rings (SSSR count). The molecule has 0 N–H and O–H groups in total. The van der Waals surface area contributed by atoms with E-state index in [0.717, 1.165) is 53.7 Å². The molecule has 29 heavy (non-hydrogen) atoms. The second-order valence-electron chi connectivity index (χ2n) is 7.38. The molecule has 1 aromatic heterocycles. The quantitative estimate of drug-likeness (QED) is 0.634.